The van der Waals surface area contributed by atoms with Crippen LogP contribution in [0.25, 0.3) is 0 Å². The molecule has 10 heteroatoms. The summed E-state index contributed by atoms with van der Waals surface area (Å²) in [5, 5.41) is 21.5. The van der Waals surface area contributed by atoms with Crippen molar-refractivity contribution in [2.45, 2.75) is 25.3 Å². The Balaban J connectivity index is 2.86. The molecule has 0 aromatic heterocycles. The van der Waals surface area contributed by atoms with Gasteiger partial charge in [-0.25, -0.2) is 4.79 Å². The van der Waals surface area contributed by atoms with Crippen LogP contribution in [0.1, 0.15) is 19.3 Å². The first-order valence-corrected chi connectivity index (χ1v) is 6.47. The highest BCUT2D eigenvalue weighted by Crippen LogP contribution is 2.31. The predicted octanol–water partition coefficient (Wildman–Crippen LogP) is 0.865. The average molecular weight is 312 g/mol. The molecule has 0 saturated carbocycles. The standard InChI is InChI=1S/C12H16N4O6/c13-6-2-1-3-9(14)12(17)22-11-5-4-8(15(18)19)7-10(11)16(20)21/h4-5,7,9H,1-3,6,13-14H2/t9-/m0/s1. The summed E-state index contributed by atoms with van der Waals surface area (Å²) >= 11 is 0. The fraction of sp³-hybridized carbons (Fsp3) is 0.417. The fourth-order valence-corrected chi connectivity index (χ4v) is 1.66. The highest BCUT2D eigenvalue weighted by molar-refractivity contribution is 5.79. The number of carbonyl (C=O) groups excluding carboxylic acids is 1. The van der Waals surface area contributed by atoms with E-state index in [2.05, 4.69) is 0 Å². The molecule has 0 fully saturated rings. The zero-order chi connectivity index (χ0) is 16.7. The zero-order valence-electron chi connectivity index (χ0n) is 11.6. The van der Waals surface area contributed by atoms with Crippen molar-refractivity contribution >= 4 is 17.3 Å². The van der Waals surface area contributed by atoms with Crippen LogP contribution in [0.4, 0.5) is 11.4 Å². The van der Waals surface area contributed by atoms with E-state index in [1.807, 2.05) is 0 Å². The van der Waals surface area contributed by atoms with Crippen molar-refractivity contribution in [3.63, 3.8) is 0 Å². The second kappa shape index (κ2) is 8.00. The van der Waals surface area contributed by atoms with Crippen LogP contribution < -0.4 is 16.2 Å². The second-order valence-corrected chi connectivity index (χ2v) is 4.48. The average Bonchev–Trinajstić information content (AvgIpc) is 2.47. The molecule has 0 radical (unpaired) electrons. The molecule has 0 bridgehead atoms. The maximum Gasteiger partial charge on any atom is 0.328 e. The van der Waals surface area contributed by atoms with E-state index in [0.29, 0.717) is 25.8 Å². The molecule has 1 atom stereocenters. The minimum Gasteiger partial charge on any atom is -0.418 e. The van der Waals surface area contributed by atoms with Gasteiger partial charge in [0, 0.05) is 6.07 Å². The molecule has 0 aliphatic rings. The number of nitrogens with two attached hydrogens (primary N) is 2. The van der Waals surface area contributed by atoms with Crippen molar-refractivity contribution in [1.82, 2.24) is 0 Å². The van der Waals surface area contributed by atoms with Crippen LogP contribution in [0.2, 0.25) is 0 Å². The molecular formula is C12H16N4O6. The van der Waals surface area contributed by atoms with E-state index in [9.17, 15) is 25.0 Å². The lowest BCUT2D eigenvalue weighted by molar-refractivity contribution is -0.394. The number of nitro benzene ring substituents is 2. The van der Waals surface area contributed by atoms with Crippen LogP contribution >= 0.6 is 0 Å². The van der Waals surface area contributed by atoms with E-state index in [1.54, 1.807) is 0 Å². The fourth-order valence-electron chi connectivity index (χ4n) is 1.66. The monoisotopic (exact) mass is 312 g/mol. The number of nitrogens with zero attached hydrogens (tertiary/aromatic N) is 2. The lowest BCUT2D eigenvalue weighted by Gasteiger charge is -2.10. The zero-order valence-corrected chi connectivity index (χ0v) is 11.6. The van der Waals surface area contributed by atoms with Crippen LogP contribution in [0.5, 0.6) is 5.75 Å². The minimum absolute atomic E-state index is 0.330. The molecule has 0 heterocycles. The summed E-state index contributed by atoms with van der Waals surface area (Å²) in [6.45, 7) is 0.468. The van der Waals surface area contributed by atoms with Gasteiger partial charge in [0.15, 0.2) is 0 Å². The Bertz CT molecular complexity index is 577. The van der Waals surface area contributed by atoms with E-state index in [-0.39, 0.29) is 5.75 Å². The molecule has 0 aliphatic carbocycles. The summed E-state index contributed by atoms with van der Waals surface area (Å²) in [4.78, 5) is 31.6. The maximum atomic E-state index is 11.8. The SMILES string of the molecule is NCCCC[C@H](N)C(=O)Oc1ccc([N+](=O)[O-])cc1[N+](=O)[O-]. The smallest absolute Gasteiger partial charge is 0.328 e. The number of non-ortho nitro benzene ring substituents is 1. The Morgan fingerprint density at radius 1 is 1.23 bits per heavy atom. The summed E-state index contributed by atoms with van der Waals surface area (Å²) < 4.78 is 4.87. The number of carbonyl (C=O) groups is 1. The first-order valence-electron chi connectivity index (χ1n) is 6.47. The Kier molecular flexibility index (Phi) is 6.35. The van der Waals surface area contributed by atoms with Crippen molar-refractivity contribution in [2.24, 2.45) is 11.5 Å². The first-order chi connectivity index (χ1) is 10.4. The van der Waals surface area contributed by atoms with E-state index in [0.717, 1.165) is 18.2 Å². The third kappa shape index (κ3) is 4.75. The number of benzene rings is 1. The van der Waals surface area contributed by atoms with Crippen molar-refractivity contribution in [2.75, 3.05) is 6.54 Å². The molecule has 4 N–H and O–H groups in total. The van der Waals surface area contributed by atoms with Crippen LogP contribution in [-0.2, 0) is 4.79 Å². The predicted molar refractivity (Wildman–Crippen MR) is 76.3 cm³/mol. The number of rotatable bonds is 8. The Labute approximate surface area is 125 Å². The molecule has 0 aliphatic heterocycles. The van der Waals surface area contributed by atoms with Gasteiger partial charge in [-0.1, -0.05) is 6.42 Å². The Morgan fingerprint density at radius 2 is 1.91 bits per heavy atom. The van der Waals surface area contributed by atoms with Crippen LogP contribution in [0.15, 0.2) is 18.2 Å². The van der Waals surface area contributed by atoms with Crippen molar-refractivity contribution in [1.29, 1.82) is 0 Å². The highest BCUT2D eigenvalue weighted by atomic mass is 16.6. The summed E-state index contributed by atoms with van der Waals surface area (Å²) in [5.41, 5.74) is 9.79. The van der Waals surface area contributed by atoms with Gasteiger partial charge in [0.25, 0.3) is 5.69 Å². The molecule has 120 valence electrons. The van der Waals surface area contributed by atoms with Gasteiger partial charge in [0.1, 0.15) is 6.04 Å². The number of hydrogen-bond donors (Lipinski definition) is 2. The number of unbranched alkanes of at least 4 members (excludes halogenated alkanes) is 1. The molecular weight excluding hydrogens is 296 g/mol. The second-order valence-electron chi connectivity index (χ2n) is 4.48. The molecule has 1 aromatic rings. The number of nitro groups is 2. The number of hydrogen-bond acceptors (Lipinski definition) is 8. The Hall–Kier alpha value is -2.59. The molecule has 10 nitrogen and oxygen atoms in total. The highest BCUT2D eigenvalue weighted by Gasteiger charge is 2.24. The normalized spacial score (nSPS) is 11.7. The van der Waals surface area contributed by atoms with Crippen LogP contribution in [0.3, 0.4) is 0 Å². The summed E-state index contributed by atoms with van der Waals surface area (Å²) in [5.74, 6) is -1.22. The van der Waals surface area contributed by atoms with Crippen LogP contribution in [-0.4, -0.2) is 28.4 Å². The van der Waals surface area contributed by atoms with Gasteiger partial charge in [-0.3, -0.25) is 20.2 Å². The maximum absolute atomic E-state index is 11.8. The lowest BCUT2D eigenvalue weighted by Crippen LogP contribution is -2.34. The summed E-state index contributed by atoms with van der Waals surface area (Å²) in [6.07, 6.45) is 1.64. The third-order valence-electron chi connectivity index (χ3n) is 2.83. The minimum atomic E-state index is -0.943. The molecule has 1 aromatic carbocycles. The van der Waals surface area contributed by atoms with Gasteiger partial charge in [0.2, 0.25) is 5.75 Å². The largest absolute Gasteiger partial charge is 0.418 e. The molecule has 22 heavy (non-hydrogen) atoms. The van der Waals surface area contributed by atoms with Gasteiger partial charge in [-0.2, -0.15) is 0 Å². The van der Waals surface area contributed by atoms with Crippen molar-refractivity contribution < 1.29 is 19.4 Å². The van der Waals surface area contributed by atoms with Crippen molar-refractivity contribution in [3.05, 3.63) is 38.4 Å². The van der Waals surface area contributed by atoms with Gasteiger partial charge >= 0.3 is 11.7 Å². The summed E-state index contributed by atoms with van der Waals surface area (Å²) in [6, 6.07) is 1.79. The van der Waals surface area contributed by atoms with E-state index in [1.165, 1.54) is 0 Å². The topological polar surface area (TPSA) is 165 Å². The molecule has 1 rings (SSSR count). The van der Waals surface area contributed by atoms with E-state index < -0.39 is 33.2 Å². The number of ether oxygens (including phenoxy) is 1. The summed E-state index contributed by atoms with van der Waals surface area (Å²) in [7, 11) is 0. The van der Waals surface area contributed by atoms with Gasteiger partial charge in [-0.05, 0) is 25.5 Å². The Morgan fingerprint density at radius 3 is 2.45 bits per heavy atom. The van der Waals surface area contributed by atoms with Crippen molar-refractivity contribution in [3.8, 4) is 5.75 Å². The lowest BCUT2D eigenvalue weighted by atomic mass is 10.1. The molecule has 0 saturated heterocycles. The molecule has 0 spiro atoms. The molecule has 0 unspecified atom stereocenters. The quantitative estimate of drug-likeness (QED) is 0.234. The van der Waals surface area contributed by atoms with E-state index in [4.69, 9.17) is 16.2 Å². The first kappa shape index (κ1) is 17.5. The van der Waals surface area contributed by atoms with Gasteiger partial charge < -0.3 is 16.2 Å². The number of esters is 1. The van der Waals surface area contributed by atoms with Crippen LogP contribution in [0, 0.1) is 20.2 Å². The van der Waals surface area contributed by atoms with Gasteiger partial charge in [0.05, 0.1) is 15.9 Å². The third-order valence-corrected chi connectivity index (χ3v) is 2.83. The van der Waals surface area contributed by atoms with E-state index >= 15 is 0 Å². The van der Waals surface area contributed by atoms with Gasteiger partial charge in [-0.15, -0.1) is 0 Å². The molecule has 0 amide bonds.